The second-order valence-electron chi connectivity index (χ2n) is 5.73. The molecule has 146 valence electrons. The summed E-state index contributed by atoms with van der Waals surface area (Å²) >= 11 is 5.98. The number of carbonyl (C=O) groups is 1. The van der Waals surface area contributed by atoms with Gasteiger partial charge in [0, 0.05) is 16.7 Å². The van der Waals surface area contributed by atoms with E-state index in [1.807, 2.05) is 6.07 Å². The molecular formula is C20H20ClN3O4. The fraction of sp³-hybridized carbons (Fsp3) is 0.200. The van der Waals surface area contributed by atoms with Gasteiger partial charge in [0.1, 0.15) is 17.2 Å². The molecule has 0 aliphatic heterocycles. The summed E-state index contributed by atoms with van der Waals surface area (Å²) in [5.41, 5.74) is 4.69. The molecule has 0 saturated heterocycles. The molecule has 2 aromatic carbocycles. The van der Waals surface area contributed by atoms with Crippen molar-refractivity contribution in [3.8, 4) is 28.4 Å². The number of aromatic nitrogens is 2. The lowest BCUT2D eigenvalue weighted by atomic mass is 10.1. The minimum Gasteiger partial charge on any atom is -0.497 e. The zero-order valence-electron chi connectivity index (χ0n) is 15.7. The van der Waals surface area contributed by atoms with E-state index < -0.39 is 5.91 Å². The molecule has 7 nitrogen and oxygen atoms in total. The van der Waals surface area contributed by atoms with Crippen LogP contribution >= 0.6 is 11.6 Å². The summed E-state index contributed by atoms with van der Waals surface area (Å²) in [4.78, 5) is 17.6. The molecule has 8 heteroatoms. The highest BCUT2D eigenvalue weighted by Gasteiger charge is 2.20. The van der Waals surface area contributed by atoms with E-state index in [1.54, 1.807) is 63.6 Å². The SMILES string of the molecule is CCONC(=O)c1cc(-c2ccc(OC)cc2OC)nn1-c1ccc(Cl)cc1. The molecule has 0 radical (unpaired) electrons. The summed E-state index contributed by atoms with van der Waals surface area (Å²) in [6.45, 7) is 2.13. The maximum atomic E-state index is 12.6. The van der Waals surface area contributed by atoms with E-state index in [0.717, 1.165) is 5.56 Å². The molecule has 0 atom stereocenters. The van der Waals surface area contributed by atoms with Crippen molar-refractivity contribution in [2.75, 3.05) is 20.8 Å². The van der Waals surface area contributed by atoms with Gasteiger partial charge in [-0.3, -0.25) is 9.63 Å². The predicted molar refractivity (Wildman–Crippen MR) is 106 cm³/mol. The van der Waals surface area contributed by atoms with Gasteiger partial charge in [0.15, 0.2) is 0 Å². The molecule has 3 rings (SSSR count). The molecule has 1 amide bonds. The number of rotatable bonds is 7. The van der Waals surface area contributed by atoms with Gasteiger partial charge in [-0.2, -0.15) is 5.10 Å². The molecule has 1 N–H and O–H groups in total. The number of halogens is 1. The summed E-state index contributed by atoms with van der Waals surface area (Å²) in [6.07, 6.45) is 0. The summed E-state index contributed by atoms with van der Waals surface area (Å²) in [6, 6.07) is 14.1. The van der Waals surface area contributed by atoms with Gasteiger partial charge in [-0.25, -0.2) is 10.2 Å². The average Bonchev–Trinajstić information content (AvgIpc) is 3.17. The molecule has 0 bridgehead atoms. The Morgan fingerprint density at radius 3 is 2.50 bits per heavy atom. The fourth-order valence-electron chi connectivity index (χ4n) is 2.65. The molecule has 0 aliphatic carbocycles. The van der Waals surface area contributed by atoms with Crippen molar-refractivity contribution >= 4 is 17.5 Å². The van der Waals surface area contributed by atoms with Crippen molar-refractivity contribution in [1.82, 2.24) is 15.3 Å². The highest BCUT2D eigenvalue weighted by Crippen LogP contribution is 2.33. The number of amides is 1. The van der Waals surface area contributed by atoms with Gasteiger partial charge in [0.2, 0.25) is 0 Å². The van der Waals surface area contributed by atoms with E-state index in [1.165, 1.54) is 4.68 Å². The molecule has 0 aliphatic rings. The summed E-state index contributed by atoms with van der Waals surface area (Å²) in [7, 11) is 3.15. The molecule has 28 heavy (non-hydrogen) atoms. The van der Waals surface area contributed by atoms with Gasteiger partial charge in [-0.05, 0) is 49.4 Å². The topological polar surface area (TPSA) is 74.6 Å². The van der Waals surface area contributed by atoms with Crippen LogP contribution in [0.25, 0.3) is 16.9 Å². The number of methoxy groups -OCH3 is 2. The van der Waals surface area contributed by atoms with Crippen LogP contribution in [0.2, 0.25) is 5.02 Å². The van der Waals surface area contributed by atoms with E-state index in [-0.39, 0.29) is 0 Å². The van der Waals surface area contributed by atoms with Gasteiger partial charge < -0.3 is 9.47 Å². The van der Waals surface area contributed by atoms with Crippen LogP contribution in [0.1, 0.15) is 17.4 Å². The zero-order valence-corrected chi connectivity index (χ0v) is 16.5. The molecule has 1 heterocycles. The summed E-state index contributed by atoms with van der Waals surface area (Å²) in [5.74, 6) is 0.826. The van der Waals surface area contributed by atoms with Gasteiger partial charge in [-0.1, -0.05) is 11.6 Å². The first-order valence-corrected chi connectivity index (χ1v) is 8.95. The van der Waals surface area contributed by atoms with E-state index in [4.69, 9.17) is 25.9 Å². The standard InChI is InChI=1S/C20H20ClN3O4/c1-4-28-23-20(25)18-12-17(16-10-9-15(26-2)11-19(16)27-3)22-24(18)14-7-5-13(21)6-8-14/h5-12H,4H2,1-3H3,(H,23,25). The zero-order chi connectivity index (χ0) is 20.1. The number of nitrogens with one attached hydrogen (secondary N) is 1. The maximum absolute atomic E-state index is 12.6. The largest absolute Gasteiger partial charge is 0.497 e. The molecular weight excluding hydrogens is 382 g/mol. The number of benzene rings is 2. The first-order valence-electron chi connectivity index (χ1n) is 8.58. The fourth-order valence-corrected chi connectivity index (χ4v) is 2.78. The molecule has 1 aromatic heterocycles. The Kier molecular flexibility index (Phi) is 6.18. The van der Waals surface area contributed by atoms with E-state index in [0.29, 0.717) is 40.2 Å². The van der Waals surface area contributed by atoms with Crippen LogP contribution in [0, 0.1) is 0 Å². The first-order chi connectivity index (χ1) is 13.6. The second-order valence-corrected chi connectivity index (χ2v) is 6.17. The number of hydrogen-bond donors (Lipinski definition) is 1. The Morgan fingerprint density at radius 1 is 1.11 bits per heavy atom. The molecule has 0 saturated carbocycles. The number of hydroxylamine groups is 1. The Labute approximate surface area is 167 Å². The second kappa shape index (κ2) is 8.77. The van der Waals surface area contributed by atoms with Crippen LogP contribution in [0.3, 0.4) is 0 Å². The Morgan fingerprint density at radius 2 is 1.86 bits per heavy atom. The molecule has 0 fully saturated rings. The number of carbonyl (C=O) groups excluding carboxylic acids is 1. The van der Waals surface area contributed by atoms with Gasteiger partial charge in [0.25, 0.3) is 5.91 Å². The Hall–Kier alpha value is -3.03. The van der Waals surface area contributed by atoms with Crippen molar-refractivity contribution in [2.24, 2.45) is 0 Å². The normalized spacial score (nSPS) is 10.6. The quantitative estimate of drug-likeness (QED) is 0.608. The first kappa shape index (κ1) is 19.7. The number of nitrogens with zero attached hydrogens (tertiary/aromatic N) is 2. The van der Waals surface area contributed by atoms with Gasteiger partial charge >= 0.3 is 0 Å². The summed E-state index contributed by atoms with van der Waals surface area (Å²) in [5, 5.41) is 5.20. The number of ether oxygens (including phenoxy) is 2. The van der Waals surface area contributed by atoms with E-state index in [9.17, 15) is 4.79 Å². The third-order valence-corrected chi connectivity index (χ3v) is 4.26. The summed E-state index contributed by atoms with van der Waals surface area (Å²) < 4.78 is 12.2. The average molecular weight is 402 g/mol. The van der Waals surface area contributed by atoms with Gasteiger partial charge in [-0.15, -0.1) is 0 Å². The number of hydrogen-bond acceptors (Lipinski definition) is 5. The van der Waals surface area contributed by atoms with Crippen molar-refractivity contribution in [1.29, 1.82) is 0 Å². The maximum Gasteiger partial charge on any atom is 0.293 e. The lowest BCUT2D eigenvalue weighted by Gasteiger charge is -2.09. The van der Waals surface area contributed by atoms with Crippen LogP contribution in [0.5, 0.6) is 11.5 Å². The van der Waals surface area contributed by atoms with Crippen molar-refractivity contribution in [3.63, 3.8) is 0 Å². The lowest BCUT2D eigenvalue weighted by molar-refractivity contribution is 0.0357. The van der Waals surface area contributed by atoms with Crippen molar-refractivity contribution in [2.45, 2.75) is 6.92 Å². The monoisotopic (exact) mass is 401 g/mol. The van der Waals surface area contributed by atoms with Crippen LogP contribution in [0.4, 0.5) is 0 Å². The lowest BCUT2D eigenvalue weighted by Crippen LogP contribution is -2.26. The smallest absolute Gasteiger partial charge is 0.293 e. The Bertz CT molecular complexity index is 970. The third-order valence-electron chi connectivity index (χ3n) is 4.01. The predicted octanol–water partition coefficient (Wildman–Crippen LogP) is 3.89. The Balaban J connectivity index is 2.11. The molecule has 0 unspecified atom stereocenters. The van der Waals surface area contributed by atoms with Crippen LogP contribution in [0.15, 0.2) is 48.5 Å². The van der Waals surface area contributed by atoms with Crippen LogP contribution in [-0.2, 0) is 4.84 Å². The van der Waals surface area contributed by atoms with Crippen molar-refractivity contribution < 1.29 is 19.1 Å². The molecule has 3 aromatic rings. The van der Waals surface area contributed by atoms with E-state index >= 15 is 0 Å². The van der Waals surface area contributed by atoms with Crippen LogP contribution in [-0.4, -0.2) is 36.5 Å². The van der Waals surface area contributed by atoms with Crippen LogP contribution < -0.4 is 15.0 Å². The minimum absolute atomic E-state index is 0.309. The molecule has 0 spiro atoms. The highest BCUT2D eigenvalue weighted by molar-refractivity contribution is 6.30. The minimum atomic E-state index is -0.414. The third kappa shape index (κ3) is 4.11. The van der Waals surface area contributed by atoms with Gasteiger partial charge in [0.05, 0.1) is 32.2 Å². The van der Waals surface area contributed by atoms with Crippen molar-refractivity contribution in [3.05, 3.63) is 59.2 Å². The highest BCUT2D eigenvalue weighted by atomic mass is 35.5. The van der Waals surface area contributed by atoms with E-state index in [2.05, 4.69) is 10.6 Å².